The molecule has 0 aromatic heterocycles. The molecular weight excluding hydrogens is 252 g/mol. The van der Waals surface area contributed by atoms with Crippen molar-refractivity contribution in [2.45, 2.75) is 33.6 Å². The summed E-state index contributed by atoms with van der Waals surface area (Å²) in [5.41, 5.74) is 0.701. The summed E-state index contributed by atoms with van der Waals surface area (Å²) in [6, 6.07) is 0. The van der Waals surface area contributed by atoms with Crippen molar-refractivity contribution in [3.8, 4) is 0 Å². The summed E-state index contributed by atoms with van der Waals surface area (Å²) in [6.45, 7) is 6.27. The lowest BCUT2D eigenvalue weighted by Crippen LogP contribution is -2.32. The standard InChI is InChI=1S/C12H24N2O3S/c1-5-8-11(3)12(15)13-9-7-10-14(4)18(16,17)6-2/h8H,5-7,9-10H2,1-4H3,(H,13,15)/b11-8-. The molecule has 0 saturated heterocycles. The monoisotopic (exact) mass is 276 g/mol. The number of nitrogens with zero attached hydrogens (tertiary/aromatic N) is 1. The van der Waals surface area contributed by atoms with Gasteiger partial charge in [-0.15, -0.1) is 0 Å². The van der Waals surface area contributed by atoms with E-state index in [9.17, 15) is 13.2 Å². The average molecular weight is 276 g/mol. The molecule has 6 heteroatoms. The van der Waals surface area contributed by atoms with Crippen molar-refractivity contribution in [3.63, 3.8) is 0 Å². The third-order valence-corrected chi connectivity index (χ3v) is 4.51. The number of carbonyl (C=O) groups excluding carboxylic acids is 1. The molecule has 0 heterocycles. The minimum atomic E-state index is -3.11. The van der Waals surface area contributed by atoms with Crippen molar-refractivity contribution in [2.75, 3.05) is 25.9 Å². The average Bonchev–Trinajstić information content (AvgIpc) is 2.34. The van der Waals surface area contributed by atoms with Gasteiger partial charge in [0.15, 0.2) is 0 Å². The second-order valence-electron chi connectivity index (χ2n) is 4.13. The van der Waals surface area contributed by atoms with E-state index in [1.54, 1.807) is 20.9 Å². The second kappa shape index (κ2) is 8.26. The van der Waals surface area contributed by atoms with E-state index in [1.807, 2.05) is 13.0 Å². The van der Waals surface area contributed by atoms with Gasteiger partial charge < -0.3 is 5.32 Å². The smallest absolute Gasteiger partial charge is 0.246 e. The van der Waals surface area contributed by atoms with Crippen LogP contribution in [-0.4, -0.2) is 44.5 Å². The van der Waals surface area contributed by atoms with Gasteiger partial charge in [0, 0.05) is 25.7 Å². The molecule has 0 radical (unpaired) electrons. The summed E-state index contributed by atoms with van der Waals surface area (Å²) < 4.78 is 24.2. The van der Waals surface area contributed by atoms with Crippen LogP contribution in [0.2, 0.25) is 0 Å². The van der Waals surface area contributed by atoms with Crippen molar-refractivity contribution < 1.29 is 13.2 Å². The molecule has 0 aliphatic rings. The molecule has 0 bridgehead atoms. The van der Waals surface area contributed by atoms with Gasteiger partial charge in [0.05, 0.1) is 5.75 Å². The van der Waals surface area contributed by atoms with Gasteiger partial charge in [-0.1, -0.05) is 13.0 Å². The number of nitrogens with one attached hydrogen (secondary N) is 1. The van der Waals surface area contributed by atoms with E-state index in [0.29, 0.717) is 25.1 Å². The van der Waals surface area contributed by atoms with Crippen LogP contribution in [0, 0.1) is 0 Å². The second-order valence-corrected chi connectivity index (χ2v) is 6.49. The molecular formula is C12H24N2O3S. The van der Waals surface area contributed by atoms with Crippen molar-refractivity contribution in [3.05, 3.63) is 11.6 Å². The molecule has 1 amide bonds. The molecule has 0 spiro atoms. The Balaban J connectivity index is 3.95. The van der Waals surface area contributed by atoms with Gasteiger partial charge in [-0.25, -0.2) is 12.7 Å². The van der Waals surface area contributed by atoms with E-state index >= 15 is 0 Å². The number of amides is 1. The fourth-order valence-electron chi connectivity index (χ4n) is 1.40. The van der Waals surface area contributed by atoms with E-state index in [2.05, 4.69) is 5.32 Å². The van der Waals surface area contributed by atoms with Crippen LogP contribution in [0.15, 0.2) is 11.6 Å². The Morgan fingerprint density at radius 3 is 2.44 bits per heavy atom. The van der Waals surface area contributed by atoms with Gasteiger partial charge in [0.25, 0.3) is 0 Å². The Morgan fingerprint density at radius 2 is 1.94 bits per heavy atom. The zero-order valence-electron chi connectivity index (χ0n) is 11.7. The van der Waals surface area contributed by atoms with Crippen LogP contribution in [-0.2, 0) is 14.8 Å². The molecule has 0 rings (SSSR count). The van der Waals surface area contributed by atoms with Gasteiger partial charge >= 0.3 is 0 Å². The van der Waals surface area contributed by atoms with Crippen molar-refractivity contribution >= 4 is 15.9 Å². The summed E-state index contributed by atoms with van der Waals surface area (Å²) in [7, 11) is -1.56. The molecule has 0 atom stereocenters. The summed E-state index contributed by atoms with van der Waals surface area (Å²) in [4.78, 5) is 11.5. The number of hydrogen-bond donors (Lipinski definition) is 1. The van der Waals surface area contributed by atoms with Gasteiger partial charge in [-0.2, -0.15) is 0 Å². The van der Waals surface area contributed by atoms with Crippen LogP contribution in [0.3, 0.4) is 0 Å². The first-order chi connectivity index (χ1) is 8.35. The van der Waals surface area contributed by atoms with E-state index < -0.39 is 10.0 Å². The predicted molar refractivity (Wildman–Crippen MR) is 73.8 cm³/mol. The lowest BCUT2D eigenvalue weighted by atomic mass is 10.2. The van der Waals surface area contributed by atoms with Crippen molar-refractivity contribution in [1.82, 2.24) is 9.62 Å². The van der Waals surface area contributed by atoms with Crippen LogP contribution in [0.4, 0.5) is 0 Å². The first kappa shape index (κ1) is 17.1. The maximum absolute atomic E-state index is 11.5. The highest BCUT2D eigenvalue weighted by Gasteiger charge is 2.14. The van der Waals surface area contributed by atoms with E-state index in [4.69, 9.17) is 0 Å². The maximum atomic E-state index is 11.5. The Morgan fingerprint density at radius 1 is 1.33 bits per heavy atom. The SMILES string of the molecule is CC/C=C(/C)C(=O)NCCCN(C)S(=O)(=O)CC. The Labute approximate surface area is 110 Å². The molecule has 0 aromatic carbocycles. The molecule has 0 aromatic rings. The zero-order chi connectivity index (χ0) is 14.2. The van der Waals surface area contributed by atoms with Crippen molar-refractivity contribution in [2.24, 2.45) is 0 Å². The highest BCUT2D eigenvalue weighted by atomic mass is 32.2. The van der Waals surface area contributed by atoms with Gasteiger partial charge in [0.2, 0.25) is 15.9 Å². The molecule has 0 fully saturated rings. The van der Waals surface area contributed by atoms with E-state index in [0.717, 1.165) is 6.42 Å². The van der Waals surface area contributed by atoms with Gasteiger partial charge in [0.1, 0.15) is 0 Å². The molecule has 0 saturated carbocycles. The maximum Gasteiger partial charge on any atom is 0.246 e. The molecule has 1 N–H and O–H groups in total. The highest BCUT2D eigenvalue weighted by Crippen LogP contribution is 1.99. The molecule has 18 heavy (non-hydrogen) atoms. The number of allylic oxidation sites excluding steroid dienone is 1. The van der Waals surface area contributed by atoms with Crippen molar-refractivity contribution in [1.29, 1.82) is 0 Å². The lowest BCUT2D eigenvalue weighted by Gasteiger charge is -2.15. The third-order valence-electron chi connectivity index (χ3n) is 2.64. The predicted octanol–water partition coefficient (Wildman–Crippen LogP) is 1.13. The topological polar surface area (TPSA) is 66.5 Å². The van der Waals surface area contributed by atoms with Crippen LogP contribution in [0.1, 0.15) is 33.6 Å². The fourth-order valence-corrected chi connectivity index (χ4v) is 2.25. The molecule has 0 aliphatic carbocycles. The van der Waals surface area contributed by atoms with Crippen LogP contribution >= 0.6 is 0 Å². The molecule has 5 nitrogen and oxygen atoms in total. The zero-order valence-corrected chi connectivity index (χ0v) is 12.5. The van der Waals surface area contributed by atoms with E-state index in [1.165, 1.54) is 4.31 Å². The van der Waals surface area contributed by atoms with Gasteiger partial charge in [-0.3, -0.25) is 4.79 Å². The number of sulfonamides is 1. The van der Waals surface area contributed by atoms with Crippen LogP contribution in [0.5, 0.6) is 0 Å². The van der Waals surface area contributed by atoms with Crippen LogP contribution in [0.25, 0.3) is 0 Å². The summed E-state index contributed by atoms with van der Waals surface area (Å²) in [5.74, 6) is 0.0200. The van der Waals surface area contributed by atoms with Crippen LogP contribution < -0.4 is 5.32 Å². The Bertz CT molecular complexity index is 388. The van der Waals surface area contributed by atoms with Gasteiger partial charge in [-0.05, 0) is 26.7 Å². The number of hydrogen-bond acceptors (Lipinski definition) is 3. The third kappa shape index (κ3) is 6.16. The lowest BCUT2D eigenvalue weighted by molar-refractivity contribution is -0.117. The largest absolute Gasteiger partial charge is 0.352 e. The fraction of sp³-hybridized carbons (Fsp3) is 0.750. The highest BCUT2D eigenvalue weighted by molar-refractivity contribution is 7.89. The Kier molecular flexibility index (Phi) is 7.86. The molecule has 106 valence electrons. The molecule has 0 aliphatic heterocycles. The summed E-state index contributed by atoms with van der Waals surface area (Å²) >= 11 is 0. The van der Waals surface area contributed by atoms with E-state index in [-0.39, 0.29) is 11.7 Å². The minimum Gasteiger partial charge on any atom is -0.352 e. The number of rotatable bonds is 8. The first-order valence-electron chi connectivity index (χ1n) is 6.24. The molecule has 0 unspecified atom stereocenters. The minimum absolute atomic E-state index is 0.0853. The summed E-state index contributed by atoms with van der Waals surface area (Å²) in [6.07, 6.45) is 3.31. The normalized spacial score (nSPS) is 12.8. The quantitative estimate of drug-likeness (QED) is 0.534. The Hall–Kier alpha value is -0.880. The number of carbonyl (C=O) groups is 1. The first-order valence-corrected chi connectivity index (χ1v) is 7.85. The summed E-state index contributed by atoms with van der Waals surface area (Å²) in [5, 5.41) is 2.76.